The first-order valence-corrected chi connectivity index (χ1v) is 7.86. The maximum absolute atomic E-state index is 12.7. The number of amides is 1. The number of phenolic OH excluding ortho intramolecular Hbond substituents is 1. The summed E-state index contributed by atoms with van der Waals surface area (Å²) in [6.45, 7) is 2.72. The molecule has 0 spiro atoms. The third kappa shape index (κ3) is 2.54. The number of hydrogen-bond donors (Lipinski definition) is 1. The van der Waals surface area contributed by atoms with Crippen LogP contribution >= 0.6 is 0 Å². The first-order chi connectivity index (χ1) is 11.7. The highest BCUT2D eigenvalue weighted by Crippen LogP contribution is 2.20. The number of aromatic nitrogens is 3. The second-order valence-electron chi connectivity index (χ2n) is 5.76. The molecule has 1 amide bonds. The van der Waals surface area contributed by atoms with E-state index in [1.807, 2.05) is 36.4 Å². The first-order valence-electron chi connectivity index (χ1n) is 7.86. The van der Waals surface area contributed by atoms with Crippen LogP contribution in [0, 0.1) is 0 Å². The third-order valence-electron chi connectivity index (χ3n) is 4.30. The van der Waals surface area contributed by atoms with Crippen molar-refractivity contribution in [3.05, 3.63) is 48.5 Å². The molecule has 7 heteroatoms. The van der Waals surface area contributed by atoms with Gasteiger partial charge in [-0.05, 0) is 36.4 Å². The molecular formula is C17H17N5O2. The fourth-order valence-corrected chi connectivity index (χ4v) is 2.96. The van der Waals surface area contributed by atoms with Crippen LogP contribution in [0.2, 0.25) is 0 Å². The normalized spacial score (nSPS) is 15.0. The van der Waals surface area contributed by atoms with Gasteiger partial charge < -0.3 is 14.9 Å². The zero-order chi connectivity index (χ0) is 16.5. The van der Waals surface area contributed by atoms with Gasteiger partial charge in [0.05, 0.1) is 5.52 Å². The molecule has 1 aromatic heterocycles. The molecule has 1 aliphatic rings. The number of phenols is 1. The van der Waals surface area contributed by atoms with Crippen molar-refractivity contribution in [1.82, 2.24) is 19.9 Å². The van der Waals surface area contributed by atoms with Crippen LogP contribution in [0.15, 0.2) is 48.5 Å². The third-order valence-corrected chi connectivity index (χ3v) is 4.30. The molecule has 0 bridgehead atoms. The zero-order valence-corrected chi connectivity index (χ0v) is 13.0. The second-order valence-corrected chi connectivity index (χ2v) is 5.76. The molecule has 1 saturated heterocycles. The van der Waals surface area contributed by atoms with Crippen LogP contribution in [-0.4, -0.2) is 57.2 Å². The highest BCUT2D eigenvalue weighted by Gasteiger charge is 2.24. The highest BCUT2D eigenvalue weighted by molar-refractivity contribution is 5.87. The summed E-state index contributed by atoms with van der Waals surface area (Å²) in [5.41, 5.74) is 2.49. The number of carbonyl (C=O) groups is 1. The lowest BCUT2D eigenvalue weighted by Crippen LogP contribution is -2.50. The standard InChI is InChI=1S/C17H17N5O2/c23-14-7-5-13(6-8-14)20-9-11-21(12-10-20)17(24)22-16-4-2-1-3-15(16)18-19-22/h1-8,23H,9-12H2. The van der Waals surface area contributed by atoms with E-state index in [0.717, 1.165) is 24.3 Å². The minimum absolute atomic E-state index is 0.144. The molecule has 1 aliphatic heterocycles. The molecule has 24 heavy (non-hydrogen) atoms. The van der Waals surface area contributed by atoms with Crippen molar-refractivity contribution in [2.45, 2.75) is 0 Å². The van der Waals surface area contributed by atoms with E-state index in [4.69, 9.17) is 0 Å². The van der Waals surface area contributed by atoms with E-state index in [1.54, 1.807) is 17.0 Å². The molecule has 122 valence electrons. The molecule has 0 aliphatic carbocycles. The number of carbonyl (C=O) groups excluding carboxylic acids is 1. The molecule has 0 radical (unpaired) electrons. The van der Waals surface area contributed by atoms with Crippen molar-refractivity contribution in [2.24, 2.45) is 0 Å². The summed E-state index contributed by atoms with van der Waals surface area (Å²) in [5.74, 6) is 0.255. The van der Waals surface area contributed by atoms with Crippen molar-refractivity contribution >= 4 is 22.8 Å². The van der Waals surface area contributed by atoms with Crippen LogP contribution in [0.3, 0.4) is 0 Å². The summed E-state index contributed by atoms with van der Waals surface area (Å²) in [4.78, 5) is 16.7. The van der Waals surface area contributed by atoms with Gasteiger partial charge in [-0.2, -0.15) is 4.68 Å². The molecule has 0 unspecified atom stereocenters. The maximum Gasteiger partial charge on any atom is 0.346 e. The summed E-state index contributed by atoms with van der Waals surface area (Å²) in [6, 6.07) is 14.4. The van der Waals surface area contributed by atoms with E-state index < -0.39 is 0 Å². The molecule has 0 atom stereocenters. The summed E-state index contributed by atoms with van der Waals surface area (Å²) in [6.07, 6.45) is 0. The predicted molar refractivity (Wildman–Crippen MR) is 90.2 cm³/mol. The van der Waals surface area contributed by atoms with Crippen LogP contribution in [0.1, 0.15) is 0 Å². The zero-order valence-electron chi connectivity index (χ0n) is 13.0. The Labute approximate surface area is 138 Å². The average Bonchev–Trinajstić information content (AvgIpc) is 3.06. The fourth-order valence-electron chi connectivity index (χ4n) is 2.96. The fraction of sp³-hybridized carbons (Fsp3) is 0.235. The Bertz CT molecular complexity index is 866. The van der Waals surface area contributed by atoms with Crippen LogP contribution < -0.4 is 4.90 Å². The average molecular weight is 323 g/mol. The Hall–Kier alpha value is -3.09. The number of anilines is 1. The Morgan fingerprint density at radius 1 is 0.958 bits per heavy atom. The minimum Gasteiger partial charge on any atom is -0.508 e. The Balaban J connectivity index is 1.47. The van der Waals surface area contributed by atoms with Gasteiger partial charge in [0.2, 0.25) is 0 Å². The van der Waals surface area contributed by atoms with Crippen molar-refractivity contribution in [3.63, 3.8) is 0 Å². The van der Waals surface area contributed by atoms with Crippen LogP contribution in [-0.2, 0) is 0 Å². The predicted octanol–water partition coefficient (Wildman–Crippen LogP) is 1.93. The van der Waals surface area contributed by atoms with Gasteiger partial charge in [0.1, 0.15) is 11.3 Å². The second kappa shape index (κ2) is 5.84. The largest absolute Gasteiger partial charge is 0.508 e. The molecule has 1 N–H and O–H groups in total. The lowest BCUT2D eigenvalue weighted by Gasteiger charge is -2.35. The smallest absolute Gasteiger partial charge is 0.346 e. The lowest BCUT2D eigenvalue weighted by atomic mass is 10.2. The summed E-state index contributed by atoms with van der Waals surface area (Å²) >= 11 is 0. The number of hydrogen-bond acceptors (Lipinski definition) is 5. The van der Waals surface area contributed by atoms with E-state index in [2.05, 4.69) is 15.2 Å². The molecule has 4 rings (SSSR count). The van der Waals surface area contributed by atoms with Gasteiger partial charge in [0.15, 0.2) is 0 Å². The number of fused-ring (bicyclic) bond motifs is 1. The van der Waals surface area contributed by atoms with Crippen LogP contribution in [0.4, 0.5) is 10.5 Å². The summed E-state index contributed by atoms with van der Waals surface area (Å²) in [7, 11) is 0. The van der Waals surface area contributed by atoms with E-state index in [9.17, 15) is 9.90 Å². The van der Waals surface area contributed by atoms with E-state index >= 15 is 0 Å². The van der Waals surface area contributed by atoms with Gasteiger partial charge in [0, 0.05) is 31.9 Å². The highest BCUT2D eigenvalue weighted by atomic mass is 16.3. The first kappa shape index (κ1) is 14.5. The van der Waals surface area contributed by atoms with E-state index in [0.29, 0.717) is 18.6 Å². The molecule has 2 heterocycles. The molecule has 3 aromatic rings. The van der Waals surface area contributed by atoms with Crippen molar-refractivity contribution in [2.75, 3.05) is 31.1 Å². The quantitative estimate of drug-likeness (QED) is 0.740. The van der Waals surface area contributed by atoms with Gasteiger partial charge in [-0.1, -0.05) is 17.3 Å². The molecule has 1 fully saturated rings. The minimum atomic E-state index is -0.144. The SMILES string of the molecule is O=C(N1CCN(c2ccc(O)cc2)CC1)n1nnc2ccccc21. The number of benzene rings is 2. The number of piperazine rings is 1. The van der Waals surface area contributed by atoms with Gasteiger partial charge in [-0.25, -0.2) is 4.79 Å². The van der Waals surface area contributed by atoms with E-state index in [-0.39, 0.29) is 11.8 Å². The molecule has 0 saturated carbocycles. The lowest BCUT2D eigenvalue weighted by molar-refractivity contribution is 0.193. The maximum atomic E-state index is 12.7. The van der Waals surface area contributed by atoms with E-state index in [1.165, 1.54) is 4.68 Å². The summed E-state index contributed by atoms with van der Waals surface area (Å²) < 4.78 is 1.37. The Morgan fingerprint density at radius 2 is 1.67 bits per heavy atom. The van der Waals surface area contributed by atoms with Gasteiger partial charge in [0.25, 0.3) is 0 Å². The van der Waals surface area contributed by atoms with Gasteiger partial charge >= 0.3 is 6.03 Å². The van der Waals surface area contributed by atoms with Gasteiger partial charge in [-0.15, -0.1) is 5.10 Å². The monoisotopic (exact) mass is 323 g/mol. The number of para-hydroxylation sites is 1. The van der Waals surface area contributed by atoms with Crippen molar-refractivity contribution in [3.8, 4) is 5.75 Å². The van der Waals surface area contributed by atoms with Crippen molar-refractivity contribution in [1.29, 1.82) is 0 Å². The number of rotatable bonds is 1. The number of nitrogens with zero attached hydrogens (tertiary/aromatic N) is 5. The molecular weight excluding hydrogens is 306 g/mol. The molecule has 2 aromatic carbocycles. The topological polar surface area (TPSA) is 74.5 Å². The molecule has 7 nitrogen and oxygen atoms in total. The summed E-state index contributed by atoms with van der Waals surface area (Å²) in [5, 5.41) is 17.4. The van der Waals surface area contributed by atoms with Crippen LogP contribution in [0.25, 0.3) is 11.0 Å². The van der Waals surface area contributed by atoms with Crippen molar-refractivity contribution < 1.29 is 9.90 Å². The Morgan fingerprint density at radius 3 is 2.42 bits per heavy atom. The van der Waals surface area contributed by atoms with Crippen LogP contribution in [0.5, 0.6) is 5.75 Å². The van der Waals surface area contributed by atoms with Gasteiger partial charge in [-0.3, -0.25) is 0 Å². The Kier molecular flexibility index (Phi) is 3.53. The number of aromatic hydroxyl groups is 1.